The van der Waals surface area contributed by atoms with E-state index in [4.69, 9.17) is 18.9 Å². The van der Waals surface area contributed by atoms with Gasteiger partial charge in [0.1, 0.15) is 24.4 Å². The second-order valence-corrected chi connectivity index (χ2v) is 7.33. The highest BCUT2D eigenvalue weighted by Crippen LogP contribution is 2.39. The molecule has 2 fully saturated rings. The second-order valence-electron chi connectivity index (χ2n) is 7.33. The van der Waals surface area contributed by atoms with Crippen molar-refractivity contribution in [3.8, 4) is 0 Å². The minimum atomic E-state index is -1.34. The number of ether oxygens (including phenoxy) is 4. The van der Waals surface area contributed by atoms with E-state index in [9.17, 15) is 30.4 Å². The van der Waals surface area contributed by atoms with E-state index in [-0.39, 0.29) is 18.0 Å². The van der Waals surface area contributed by atoms with Crippen molar-refractivity contribution in [3.63, 3.8) is 0 Å². The third-order valence-electron chi connectivity index (χ3n) is 5.23. The van der Waals surface area contributed by atoms with Gasteiger partial charge in [0.15, 0.2) is 12.6 Å². The number of hydrogen-bond acceptors (Lipinski definition) is 10. The quantitative estimate of drug-likeness (QED) is 0.491. The molecule has 4 rings (SSSR count). The van der Waals surface area contributed by atoms with Crippen LogP contribution >= 0.6 is 0 Å². The van der Waals surface area contributed by atoms with Gasteiger partial charge in [-0.25, -0.2) is 0 Å². The summed E-state index contributed by atoms with van der Waals surface area (Å²) in [6.07, 6.45) is -6.03. The summed E-state index contributed by atoms with van der Waals surface area (Å²) in [6, 6.07) is 11.4. The molecule has 6 atom stereocenters. The molecule has 0 aromatic heterocycles. The van der Waals surface area contributed by atoms with E-state index >= 15 is 0 Å². The van der Waals surface area contributed by atoms with Crippen LogP contribution in [0.5, 0.6) is 0 Å². The third-order valence-corrected chi connectivity index (χ3v) is 5.23. The van der Waals surface area contributed by atoms with Crippen molar-refractivity contribution in [1.29, 1.82) is 0 Å². The Hall–Kier alpha value is -3.00. The maximum atomic E-state index is 11.1. The molecule has 32 heavy (non-hydrogen) atoms. The van der Waals surface area contributed by atoms with Crippen LogP contribution in [0.2, 0.25) is 0 Å². The predicted molar refractivity (Wildman–Crippen MR) is 105 cm³/mol. The second kappa shape index (κ2) is 9.24. The van der Waals surface area contributed by atoms with Gasteiger partial charge >= 0.3 is 0 Å². The average Bonchev–Trinajstić information content (AvgIpc) is 2.82. The molecule has 2 N–H and O–H groups in total. The van der Waals surface area contributed by atoms with Crippen LogP contribution in [-0.4, -0.2) is 57.7 Å². The van der Waals surface area contributed by atoms with Crippen LogP contribution in [-0.2, 0) is 18.9 Å². The minimum absolute atomic E-state index is 0.00145. The van der Waals surface area contributed by atoms with Crippen LogP contribution in [0.1, 0.15) is 23.7 Å². The Labute approximate surface area is 181 Å². The van der Waals surface area contributed by atoms with Crippen LogP contribution in [0.15, 0.2) is 48.5 Å². The van der Waals surface area contributed by atoms with Gasteiger partial charge in [-0.3, -0.25) is 20.2 Å². The highest BCUT2D eigenvalue weighted by molar-refractivity contribution is 5.36. The Kier molecular flexibility index (Phi) is 6.41. The smallest absolute Gasteiger partial charge is 0.269 e. The third kappa shape index (κ3) is 4.46. The first-order valence-corrected chi connectivity index (χ1v) is 9.73. The summed E-state index contributed by atoms with van der Waals surface area (Å²) in [5.74, 6) is 0. The maximum absolute atomic E-state index is 11.1. The first-order valence-electron chi connectivity index (χ1n) is 9.73. The summed E-state index contributed by atoms with van der Waals surface area (Å²) >= 11 is 0. The predicted octanol–water partition coefficient (Wildman–Crippen LogP) is 1.75. The number of nitro groups is 2. The van der Waals surface area contributed by atoms with E-state index in [0.29, 0.717) is 11.1 Å². The van der Waals surface area contributed by atoms with Gasteiger partial charge in [0, 0.05) is 35.4 Å². The monoisotopic (exact) mass is 448 g/mol. The van der Waals surface area contributed by atoms with Gasteiger partial charge < -0.3 is 29.2 Å². The summed E-state index contributed by atoms with van der Waals surface area (Å²) in [5.41, 5.74) is 0.466. The minimum Gasteiger partial charge on any atom is -0.394 e. The van der Waals surface area contributed by atoms with Crippen LogP contribution in [0.3, 0.4) is 0 Å². The standard InChI is InChI=1S/C20H20N2O10/c23-9-15(24)17-18-16(30-20(31-17)12-4-2-6-14(8-12)22(27)28)10-29-19(32-18)11-3-1-5-13(7-11)21(25)26/h1-8,15-20,23-24H,9-10H2/t15-,16+,17-,18-,19?,20?/m1/s1. The number of nitrogens with zero attached hydrogens (tertiary/aromatic N) is 2. The zero-order chi connectivity index (χ0) is 22.8. The lowest BCUT2D eigenvalue weighted by Gasteiger charge is -2.47. The number of hydrogen-bond donors (Lipinski definition) is 2. The normalized spacial score (nSPS) is 28.5. The highest BCUT2D eigenvalue weighted by Gasteiger charge is 2.48. The highest BCUT2D eigenvalue weighted by atomic mass is 16.8. The van der Waals surface area contributed by atoms with Gasteiger partial charge in [-0.1, -0.05) is 24.3 Å². The molecule has 2 aromatic rings. The van der Waals surface area contributed by atoms with Gasteiger partial charge in [-0.2, -0.15) is 0 Å². The Morgan fingerprint density at radius 3 is 2.09 bits per heavy atom. The zero-order valence-electron chi connectivity index (χ0n) is 16.6. The molecule has 12 nitrogen and oxygen atoms in total. The van der Waals surface area contributed by atoms with Crippen LogP contribution < -0.4 is 0 Å². The van der Waals surface area contributed by atoms with E-state index in [1.807, 2.05) is 0 Å². The van der Waals surface area contributed by atoms with Gasteiger partial charge in [-0.05, 0) is 0 Å². The van der Waals surface area contributed by atoms with E-state index in [1.165, 1.54) is 36.4 Å². The largest absolute Gasteiger partial charge is 0.394 e. The Bertz CT molecular complexity index is 1000. The van der Waals surface area contributed by atoms with Crippen molar-refractivity contribution >= 4 is 11.4 Å². The zero-order valence-corrected chi connectivity index (χ0v) is 16.6. The molecular weight excluding hydrogens is 428 g/mol. The summed E-state index contributed by atoms with van der Waals surface area (Å²) in [5, 5.41) is 42.0. The molecule has 2 heterocycles. The first kappa shape index (κ1) is 22.2. The van der Waals surface area contributed by atoms with Crippen molar-refractivity contribution in [2.24, 2.45) is 0 Å². The Balaban J connectivity index is 1.57. The van der Waals surface area contributed by atoms with Gasteiger partial charge in [0.25, 0.3) is 11.4 Å². The lowest BCUT2D eigenvalue weighted by atomic mass is 9.99. The number of benzene rings is 2. The molecular formula is C20H20N2O10. The molecule has 170 valence electrons. The van der Waals surface area contributed by atoms with Crippen LogP contribution in [0, 0.1) is 20.2 Å². The van der Waals surface area contributed by atoms with E-state index in [1.54, 1.807) is 12.1 Å². The molecule has 2 saturated heterocycles. The fourth-order valence-electron chi connectivity index (χ4n) is 3.68. The number of aliphatic hydroxyl groups excluding tert-OH is 2. The lowest BCUT2D eigenvalue weighted by Crippen LogP contribution is -2.58. The van der Waals surface area contributed by atoms with Gasteiger partial charge in [0.2, 0.25) is 0 Å². The summed E-state index contributed by atoms with van der Waals surface area (Å²) < 4.78 is 23.3. The van der Waals surface area contributed by atoms with Gasteiger partial charge in [-0.15, -0.1) is 0 Å². The number of fused-ring (bicyclic) bond motifs is 1. The fourth-order valence-corrected chi connectivity index (χ4v) is 3.68. The summed E-state index contributed by atoms with van der Waals surface area (Å²) in [4.78, 5) is 21.1. The topological polar surface area (TPSA) is 164 Å². The molecule has 0 aliphatic carbocycles. The van der Waals surface area contributed by atoms with Crippen molar-refractivity contribution in [1.82, 2.24) is 0 Å². The Morgan fingerprint density at radius 1 is 0.938 bits per heavy atom. The molecule has 0 spiro atoms. The van der Waals surface area contributed by atoms with Crippen molar-refractivity contribution < 1.29 is 39.0 Å². The van der Waals surface area contributed by atoms with Crippen molar-refractivity contribution in [2.45, 2.75) is 37.0 Å². The van der Waals surface area contributed by atoms with E-state index in [0.717, 1.165) is 0 Å². The van der Waals surface area contributed by atoms with Crippen molar-refractivity contribution in [2.75, 3.05) is 13.2 Å². The molecule has 0 saturated carbocycles. The molecule has 2 aliphatic heterocycles. The van der Waals surface area contributed by atoms with Crippen molar-refractivity contribution in [3.05, 3.63) is 79.9 Å². The first-order chi connectivity index (χ1) is 15.4. The number of aliphatic hydroxyl groups is 2. The van der Waals surface area contributed by atoms with E-state index < -0.39 is 53.4 Å². The fraction of sp³-hybridized carbons (Fsp3) is 0.400. The average molecular weight is 448 g/mol. The van der Waals surface area contributed by atoms with Gasteiger partial charge in [0.05, 0.1) is 23.1 Å². The molecule has 0 bridgehead atoms. The maximum Gasteiger partial charge on any atom is 0.269 e. The summed E-state index contributed by atoms with van der Waals surface area (Å²) in [6.45, 7) is -0.622. The SMILES string of the molecule is O=[N+]([O-])c1cccc(C2OC[C@@H]3OC(c4cccc([N+](=O)[O-])c4)O[C@H]([C@H](O)CO)[C@@H]3O2)c1. The molecule has 0 amide bonds. The summed E-state index contributed by atoms with van der Waals surface area (Å²) in [7, 11) is 0. The van der Waals surface area contributed by atoms with Crippen LogP contribution in [0.25, 0.3) is 0 Å². The Morgan fingerprint density at radius 2 is 1.53 bits per heavy atom. The van der Waals surface area contributed by atoms with Crippen LogP contribution in [0.4, 0.5) is 11.4 Å². The number of nitro benzene ring substituents is 2. The lowest BCUT2D eigenvalue weighted by molar-refractivity contribution is -0.386. The molecule has 2 aromatic carbocycles. The molecule has 2 aliphatic rings. The molecule has 12 heteroatoms. The number of rotatable bonds is 6. The van der Waals surface area contributed by atoms with E-state index in [2.05, 4.69) is 0 Å². The number of non-ortho nitro benzene ring substituents is 2. The molecule has 0 radical (unpaired) electrons. The molecule has 2 unspecified atom stereocenters.